The lowest BCUT2D eigenvalue weighted by Crippen LogP contribution is -2.48. The average molecular weight is 446 g/mol. The minimum absolute atomic E-state index is 0.0482. The Morgan fingerprint density at radius 3 is 2.74 bits per heavy atom. The van der Waals surface area contributed by atoms with Gasteiger partial charge in [-0.1, -0.05) is 13.8 Å². The summed E-state index contributed by atoms with van der Waals surface area (Å²) < 4.78 is 0. The van der Waals surface area contributed by atoms with E-state index in [-0.39, 0.29) is 29.7 Å². The first-order valence-corrected chi connectivity index (χ1v) is 11.1. The summed E-state index contributed by atoms with van der Waals surface area (Å²) in [4.78, 5) is 48.4. The summed E-state index contributed by atoms with van der Waals surface area (Å²) in [6, 6.07) is 0. The summed E-state index contributed by atoms with van der Waals surface area (Å²) in [5.74, 6) is -0.0710. The predicted molar refractivity (Wildman–Crippen MR) is 119 cm³/mol. The van der Waals surface area contributed by atoms with Crippen LogP contribution in [0, 0.1) is 11.8 Å². The SMILES string of the molecule is CCNC(=O)CC1CN(/C(=C/C(C)C)N=C2CC(=O)C(C(=O)O)=CN2c2nccs2)C1. The number of Topliss-reactive ketones (excluding diaryl/α,β-unsaturated/α-hetero) is 1. The van der Waals surface area contributed by atoms with Gasteiger partial charge in [-0.15, -0.1) is 11.3 Å². The Morgan fingerprint density at radius 2 is 2.16 bits per heavy atom. The summed E-state index contributed by atoms with van der Waals surface area (Å²) in [5.41, 5.74) is -0.283. The van der Waals surface area contributed by atoms with Gasteiger partial charge in [-0.05, 0) is 18.9 Å². The molecule has 1 amide bonds. The van der Waals surface area contributed by atoms with Crippen molar-refractivity contribution in [2.75, 3.05) is 24.5 Å². The largest absolute Gasteiger partial charge is 0.478 e. The number of hydrogen-bond donors (Lipinski definition) is 2. The van der Waals surface area contributed by atoms with Crippen LogP contribution < -0.4 is 10.2 Å². The number of nitrogens with one attached hydrogen (secondary N) is 1. The summed E-state index contributed by atoms with van der Waals surface area (Å²) in [6.45, 7) is 8.00. The van der Waals surface area contributed by atoms with Crippen molar-refractivity contribution in [3.05, 3.63) is 35.2 Å². The van der Waals surface area contributed by atoms with Crippen molar-refractivity contribution in [2.24, 2.45) is 16.8 Å². The minimum atomic E-state index is -1.26. The number of carbonyl (C=O) groups is 3. The number of aliphatic carboxylic acids is 1. The van der Waals surface area contributed by atoms with Crippen LogP contribution in [-0.2, 0) is 14.4 Å². The number of carboxylic acid groups (broad SMARTS) is 1. The lowest BCUT2D eigenvalue weighted by atomic mass is 9.95. The lowest BCUT2D eigenvalue weighted by molar-refractivity contribution is -0.134. The highest BCUT2D eigenvalue weighted by Crippen LogP contribution is 2.29. The van der Waals surface area contributed by atoms with Gasteiger partial charge in [0.25, 0.3) is 0 Å². The van der Waals surface area contributed by atoms with Gasteiger partial charge in [-0.3, -0.25) is 14.5 Å². The number of carboxylic acids is 1. The molecule has 0 unspecified atom stereocenters. The Labute approximate surface area is 185 Å². The molecule has 166 valence electrons. The van der Waals surface area contributed by atoms with E-state index in [9.17, 15) is 19.5 Å². The molecule has 10 heteroatoms. The van der Waals surface area contributed by atoms with Crippen LogP contribution in [0.5, 0.6) is 0 Å². The first-order chi connectivity index (χ1) is 14.8. The third kappa shape index (κ3) is 5.57. The summed E-state index contributed by atoms with van der Waals surface area (Å²) in [6.07, 6.45) is 5.28. The number of nitrogens with zero attached hydrogens (tertiary/aromatic N) is 4. The van der Waals surface area contributed by atoms with Crippen LogP contribution in [0.3, 0.4) is 0 Å². The minimum Gasteiger partial charge on any atom is -0.478 e. The number of rotatable bonds is 8. The highest BCUT2D eigenvalue weighted by atomic mass is 32.1. The van der Waals surface area contributed by atoms with Crippen molar-refractivity contribution in [3.63, 3.8) is 0 Å². The van der Waals surface area contributed by atoms with Gasteiger partial charge in [0.15, 0.2) is 10.9 Å². The number of amides is 1. The van der Waals surface area contributed by atoms with E-state index in [2.05, 4.69) is 15.2 Å². The van der Waals surface area contributed by atoms with Gasteiger partial charge in [0.05, 0.1) is 6.42 Å². The molecular weight excluding hydrogens is 418 g/mol. The third-order valence-electron chi connectivity index (χ3n) is 4.87. The van der Waals surface area contributed by atoms with E-state index in [0.29, 0.717) is 37.0 Å². The van der Waals surface area contributed by atoms with Gasteiger partial charge in [0.1, 0.15) is 17.2 Å². The van der Waals surface area contributed by atoms with Gasteiger partial charge in [0.2, 0.25) is 5.91 Å². The zero-order valence-corrected chi connectivity index (χ0v) is 18.7. The number of aliphatic imine (C=N–C) groups is 1. The number of allylic oxidation sites excluding steroid dienone is 1. The fraction of sp³-hybridized carbons (Fsp3) is 0.476. The molecule has 0 saturated carbocycles. The molecule has 1 fully saturated rings. The summed E-state index contributed by atoms with van der Waals surface area (Å²) in [5, 5.41) is 14.5. The molecule has 0 spiro atoms. The molecule has 1 saturated heterocycles. The predicted octanol–water partition coefficient (Wildman–Crippen LogP) is 2.24. The average Bonchev–Trinajstić information content (AvgIpc) is 3.18. The van der Waals surface area contributed by atoms with Gasteiger partial charge >= 0.3 is 5.97 Å². The molecule has 31 heavy (non-hydrogen) atoms. The Kier molecular flexibility index (Phi) is 7.21. The zero-order chi connectivity index (χ0) is 22.5. The molecule has 3 heterocycles. The first-order valence-electron chi connectivity index (χ1n) is 10.3. The standard InChI is InChI=1S/C21H27N5O4S/c1-4-22-19(28)8-14-10-25(11-14)17(7-13(2)3)24-18-9-16(27)15(20(29)30)12-26(18)21-23-5-6-31-21/h5-7,12-14H,4,8-11H2,1-3H3,(H,22,28)(H,29,30)/b17-7+,24-18?. The molecule has 2 aliphatic rings. The fourth-order valence-corrected chi connectivity index (χ4v) is 4.07. The second-order valence-electron chi connectivity index (χ2n) is 7.86. The number of amidine groups is 1. The zero-order valence-electron chi connectivity index (χ0n) is 17.9. The highest BCUT2D eigenvalue weighted by molar-refractivity contribution is 7.13. The molecule has 3 rings (SSSR count). The van der Waals surface area contributed by atoms with Gasteiger partial charge in [0, 0.05) is 49.7 Å². The van der Waals surface area contributed by atoms with Gasteiger partial charge in [-0.2, -0.15) is 0 Å². The van der Waals surface area contributed by atoms with Crippen LogP contribution in [0.2, 0.25) is 0 Å². The van der Waals surface area contributed by atoms with Crippen molar-refractivity contribution in [1.29, 1.82) is 0 Å². The molecule has 2 aliphatic heterocycles. The molecule has 2 N–H and O–H groups in total. The van der Waals surface area contributed by atoms with Crippen molar-refractivity contribution in [2.45, 2.75) is 33.6 Å². The number of thiazole rings is 1. The maximum atomic E-state index is 12.4. The van der Waals surface area contributed by atoms with E-state index in [1.807, 2.05) is 26.8 Å². The highest BCUT2D eigenvalue weighted by Gasteiger charge is 2.33. The topological polar surface area (TPSA) is 115 Å². The van der Waals surface area contributed by atoms with Crippen LogP contribution in [-0.4, -0.2) is 58.1 Å². The number of likely N-dealkylation sites (tertiary alicyclic amines) is 1. The Hall–Kier alpha value is -3.01. The monoisotopic (exact) mass is 445 g/mol. The number of anilines is 1. The molecular formula is C21H27N5O4S. The molecule has 1 aromatic heterocycles. The van der Waals surface area contributed by atoms with Crippen molar-refractivity contribution in [1.82, 2.24) is 15.2 Å². The van der Waals surface area contributed by atoms with E-state index >= 15 is 0 Å². The van der Waals surface area contributed by atoms with Crippen LogP contribution in [0.1, 0.15) is 33.6 Å². The summed E-state index contributed by atoms with van der Waals surface area (Å²) in [7, 11) is 0. The number of aromatic nitrogens is 1. The molecule has 0 aromatic carbocycles. The van der Waals surface area contributed by atoms with E-state index < -0.39 is 11.8 Å². The number of carbonyl (C=O) groups excluding carboxylic acids is 2. The normalized spacial score (nSPS) is 19.0. The maximum absolute atomic E-state index is 12.4. The van der Waals surface area contributed by atoms with E-state index in [1.54, 1.807) is 16.5 Å². The second kappa shape index (κ2) is 9.86. The van der Waals surface area contributed by atoms with Crippen LogP contribution in [0.15, 0.2) is 40.2 Å². The molecule has 1 aromatic rings. The van der Waals surface area contributed by atoms with E-state index in [0.717, 1.165) is 5.82 Å². The lowest BCUT2D eigenvalue weighted by Gasteiger charge is -2.41. The van der Waals surface area contributed by atoms with E-state index in [1.165, 1.54) is 17.5 Å². The number of hydrogen-bond acceptors (Lipinski definition) is 7. The quantitative estimate of drug-likeness (QED) is 0.590. The first kappa shape index (κ1) is 22.7. The number of ketones is 1. The molecule has 9 nitrogen and oxygen atoms in total. The van der Waals surface area contributed by atoms with E-state index in [4.69, 9.17) is 4.99 Å². The van der Waals surface area contributed by atoms with Crippen LogP contribution >= 0.6 is 11.3 Å². The Balaban J connectivity index is 1.85. The van der Waals surface area contributed by atoms with Gasteiger partial charge < -0.3 is 15.3 Å². The second-order valence-corrected chi connectivity index (χ2v) is 8.73. The molecule has 0 aliphatic carbocycles. The van der Waals surface area contributed by atoms with Crippen LogP contribution in [0.4, 0.5) is 5.13 Å². The Morgan fingerprint density at radius 1 is 1.42 bits per heavy atom. The third-order valence-corrected chi connectivity index (χ3v) is 5.64. The Bertz CT molecular complexity index is 930. The van der Waals surface area contributed by atoms with Gasteiger partial charge in [-0.25, -0.2) is 14.8 Å². The summed E-state index contributed by atoms with van der Waals surface area (Å²) >= 11 is 1.34. The molecule has 0 atom stereocenters. The molecule has 0 bridgehead atoms. The smallest absolute Gasteiger partial charge is 0.340 e. The van der Waals surface area contributed by atoms with Crippen molar-refractivity contribution in [3.8, 4) is 0 Å². The van der Waals surface area contributed by atoms with Crippen molar-refractivity contribution < 1.29 is 19.5 Å². The molecule has 0 radical (unpaired) electrons. The van der Waals surface area contributed by atoms with Crippen molar-refractivity contribution >= 4 is 40.0 Å². The fourth-order valence-electron chi connectivity index (χ4n) is 3.43. The maximum Gasteiger partial charge on any atom is 0.340 e. The van der Waals surface area contributed by atoms with Crippen LogP contribution in [0.25, 0.3) is 0 Å².